The van der Waals surface area contributed by atoms with Gasteiger partial charge >= 0.3 is 0 Å². The largest absolute Gasteiger partial charge is 0.511 e. The van der Waals surface area contributed by atoms with Gasteiger partial charge in [-0.25, -0.2) is 0 Å². The van der Waals surface area contributed by atoms with Crippen molar-refractivity contribution in [1.82, 2.24) is 10.6 Å². The standard InChI is InChI=1S/C47H56N2O11S2/c50-15-10-30-6-3-11-44(30)12-13-45(23-44)24-47(58)40(55)35(22-52)60-43(42(47)57)59-34-8-2-7-32-38(34)41(56)46(25-61-62-26-49-37-20-31(45)9-14-48-37)33(39(32)54)18-29(19-36(46)53)17-27-4-1-5-28(16-27)21-51/h1-2,4-5,7-9,16,18-20,30,33,35,40,42-43,48-53,55,57-58H,3,6,10-15,17,21-26H2/t30-,33-,35-,40-,42+,43-,44+,45-,46+,47+/m1/s1. The molecule has 9 N–H and O–H groups in total. The Kier molecular flexibility index (Phi) is 12.0. The first-order valence-electron chi connectivity index (χ1n) is 21.7. The summed E-state index contributed by atoms with van der Waals surface area (Å²) in [4.78, 5) is 30.0. The van der Waals surface area contributed by atoms with E-state index in [9.17, 15) is 40.5 Å². The van der Waals surface area contributed by atoms with Crippen LogP contribution in [0.3, 0.4) is 0 Å². The zero-order valence-corrected chi connectivity index (χ0v) is 36.1. The van der Waals surface area contributed by atoms with Gasteiger partial charge in [-0.05, 0) is 109 Å². The van der Waals surface area contributed by atoms with Gasteiger partial charge < -0.3 is 55.9 Å². The number of allylic oxidation sites excluding steroid dienone is 6. The fraction of sp³-hybridized carbons (Fsp3) is 0.532. The summed E-state index contributed by atoms with van der Waals surface area (Å²) in [7, 11) is 2.79. The predicted molar refractivity (Wildman–Crippen MR) is 234 cm³/mol. The summed E-state index contributed by atoms with van der Waals surface area (Å²) in [5, 5.41) is 86.4. The van der Waals surface area contributed by atoms with Crippen molar-refractivity contribution in [2.45, 2.75) is 94.6 Å². The molecule has 62 heavy (non-hydrogen) atoms. The Morgan fingerprint density at radius 3 is 2.55 bits per heavy atom. The van der Waals surface area contributed by atoms with Crippen molar-refractivity contribution < 1.29 is 54.8 Å². The van der Waals surface area contributed by atoms with Crippen LogP contribution in [0.15, 0.2) is 89.5 Å². The molecule has 7 aliphatic rings. The van der Waals surface area contributed by atoms with E-state index in [0.717, 1.165) is 48.2 Å². The third kappa shape index (κ3) is 7.25. The molecule has 3 spiro atoms. The van der Waals surface area contributed by atoms with Crippen molar-refractivity contribution in [3.8, 4) is 5.75 Å². The van der Waals surface area contributed by atoms with E-state index in [4.69, 9.17) is 9.47 Å². The second kappa shape index (κ2) is 17.1. The summed E-state index contributed by atoms with van der Waals surface area (Å²) in [6, 6.07) is 12.0. The number of aliphatic hydroxyl groups excluding tert-OH is 6. The maximum atomic E-state index is 15.3. The molecule has 2 aromatic rings. The third-order valence-corrected chi connectivity index (χ3v) is 17.3. The highest BCUT2D eigenvalue weighted by Crippen LogP contribution is 2.66. The smallest absolute Gasteiger partial charge is 0.229 e. The van der Waals surface area contributed by atoms with E-state index >= 15 is 4.79 Å². The number of nitrogens with one attached hydrogen (secondary N) is 2. The molecule has 3 aliphatic heterocycles. The van der Waals surface area contributed by atoms with Gasteiger partial charge in [-0.2, -0.15) is 0 Å². The van der Waals surface area contributed by atoms with Crippen molar-refractivity contribution in [1.29, 1.82) is 0 Å². The molecule has 3 heterocycles. The molecule has 332 valence electrons. The lowest BCUT2D eigenvalue weighted by Crippen LogP contribution is -2.69. The first-order valence-corrected chi connectivity index (χ1v) is 24.2. The van der Waals surface area contributed by atoms with E-state index in [-0.39, 0.29) is 59.4 Å². The molecule has 0 unspecified atom stereocenters. The van der Waals surface area contributed by atoms with Gasteiger partial charge in [-0.3, -0.25) is 9.59 Å². The number of hydrogen-bond acceptors (Lipinski definition) is 15. The molecule has 6 bridgehead atoms. The number of carbonyl (C=O) groups excluding carboxylic acids is 2. The molecule has 3 fully saturated rings. The number of Topliss-reactive ketones (excluding diaryl/α,β-unsaturated/α-hetero) is 2. The Labute approximate surface area is 368 Å². The number of aliphatic hydroxyl groups is 7. The Balaban J connectivity index is 1.13. The minimum absolute atomic E-state index is 0.0212. The quantitative estimate of drug-likeness (QED) is 0.184. The maximum absolute atomic E-state index is 15.3. The number of rotatable bonds is 6. The molecule has 4 aliphatic carbocycles. The number of carbonyl (C=O) groups is 2. The number of ether oxygens (including phenoxy) is 2. The highest BCUT2D eigenvalue weighted by molar-refractivity contribution is 8.76. The second-order valence-electron chi connectivity index (χ2n) is 18.4. The van der Waals surface area contributed by atoms with Gasteiger partial charge in [-0.15, -0.1) is 0 Å². The summed E-state index contributed by atoms with van der Waals surface area (Å²) in [6.07, 6.45) is 6.81. The van der Waals surface area contributed by atoms with Gasteiger partial charge in [0.2, 0.25) is 6.29 Å². The van der Waals surface area contributed by atoms with Crippen LogP contribution in [-0.2, 0) is 17.8 Å². The summed E-state index contributed by atoms with van der Waals surface area (Å²) in [5.41, 5.74) is -1.69. The van der Waals surface area contributed by atoms with E-state index in [0.29, 0.717) is 43.7 Å². The van der Waals surface area contributed by atoms with Gasteiger partial charge in [0, 0.05) is 24.5 Å². The van der Waals surface area contributed by atoms with Crippen LogP contribution < -0.4 is 15.4 Å². The Hall–Kier alpha value is -3.64. The van der Waals surface area contributed by atoms with Crippen molar-refractivity contribution in [2.75, 3.05) is 31.4 Å². The van der Waals surface area contributed by atoms with Crippen molar-refractivity contribution in [3.05, 3.63) is 112 Å². The van der Waals surface area contributed by atoms with E-state index in [1.165, 1.54) is 33.7 Å². The fourth-order valence-corrected chi connectivity index (χ4v) is 14.2. The first kappa shape index (κ1) is 43.6. The molecule has 1 saturated heterocycles. The molecule has 2 aromatic carbocycles. The number of ketones is 2. The molecule has 15 heteroatoms. The van der Waals surface area contributed by atoms with Crippen LogP contribution >= 0.6 is 21.6 Å². The lowest BCUT2D eigenvalue weighted by molar-refractivity contribution is -0.319. The van der Waals surface area contributed by atoms with E-state index in [2.05, 4.69) is 16.7 Å². The van der Waals surface area contributed by atoms with Gasteiger partial charge in [0.15, 0.2) is 11.6 Å². The average molecular weight is 889 g/mol. The van der Waals surface area contributed by atoms with Gasteiger partial charge in [0.05, 0.1) is 36.4 Å². The van der Waals surface area contributed by atoms with Gasteiger partial charge in [0.25, 0.3) is 0 Å². The minimum atomic E-state index is -2.28. The first-order chi connectivity index (χ1) is 29.9. The molecule has 0 radical (unpaired) electrons. The topological polar surface area (TPSA) is 218 Å². The van der Waals surface area contributed by atoms with Crippen LogP contribution in [0, 0.1) is 28.1 Å². The third-order valence-electron chi connectivity index (χ3n) is 15.0. The van der Waals surface area contributed by atoms with Crippen LogP contribution in [0.25, 0.3) is 0 Å². The molecule has 0 aromatic heterocycles. The van der Waals surface area contributed by atoms with Crippen LogP contribution in [0.2, 0.25) is 0 Å². The SMILES string of the molecule is O=C1c2cccc3c2C(=O)[C@]2(CSSCNC4=CC(=CCN4)[C@@]4(CC[C@@]5(CCC[C@@H]5CCO)C4)C[C@]4(O)[C@H](O)[C@@H](CO)O[C@@H](O3)[C@@H]4O)C(O)=CC(Cc3cccc(CO)c3)=C[C@H]12. The molecule has 2 saturated carbocycles. The van der Waals surface area contributed by atoms with E-state index in [1.807, 2.05) is 24.3 Å². The fourth-order valence-electron chi connectivity index (χ4n) is 12.0. The molecule has 13 nitrogen and oxygen atoms in total. The molecule has 9 rings (SSSR count). The zero-order valence-electron chi connectivity index (χ0n) is 34.5. The summed E-state index contributed by atoms with van der Waals surface area (Å²) in [6.45, 7) is -0.288. The summed E-state index contributed by atoms with van der Waals surface area (Å²) in [5.74, 6) is -0.976. The lowest BCUT2D eigenvalue weighted by atomic mass is 9.60. The number of fused-ring (bicyclic) bond motifs is 4. The molecule has 10 atom stereocenters. The number of benzene rings is 2. The van der Waals surface area contributed by atoms with Crippen molar-refractivity contribution in [3.63, 3.8) is 0 Å². The second-order valence-corrected chi connectivity index (χ2v) is 20.8. The summed E-state index contributed by atoms with van der Waals surface area (Å²) < 4.78 is 12.4. The predicted octanol–water partition coefficient (Wildman–Crippen LogP) is 4.38. The molecular formula is C47H56N2O11S2. The highest BCUT2D eigenvalue weighted by Gasteiger charge is 2.63. The maximum Gasteiger partial charge on any atom is 0.229 e. The van der Waals surface area contributed by atoms with E-state index in [1.54, 1.807) is 24.3 Å². The van der Waals surface area contributed by atoms with Gasteiger partial charge in [0.1, 0.15) is 40.8 Å². The minimum Gasteiger partial charge on any atom is -0.511 e. The van der Waals surface area contributed by atoms with E-state index < -0.39 is 65.1 Å². The van der Waals surface area contributed by atoms with Crippen LogP contribution in [0.4, 0.5) is 0 Å². The molecule has 0 amide bonds. The normalized spacial score (nSPS) is 36.9. The molecular weight excluding hydrogens is 833 g/mol. The number of dihydropyridines is 1. The Bertz CT molecular complexity index is 2230. The van der Waals surface area contributed by atoms with Crippen LogP contribution in [0.1, 0.15) is 83.2 Å². The Morgan fingerprint density at radius 2 is 1.74 bits per heavy atom. The Morgan fingerprint density at radius 1 is 0.919 bits per heavy atom. The highest BCUT2D eigenvalue weighted by atomic mass is 33.1. The zero-order chi connectivity index (χ0) is 43.4. The summed E-state index contributed by atoms with van der Waals surface area (Å²) >= 11 is 0. The van der Waals surface area contributed by atoms with Gasteiger partial charge in [-0.1, -0.05) is 76.6 Å². The van der Waals surface area contributed by atoms with Crippen molar-refractivity contribution >= 4 is 33.2 Å². The van der Waals surface area contributed by atoms with Crippen molar-refractivity contribution in [2.24, 2.45) is 28.1 Å². The monoisotopic (exact) mass is 888 g/mol. The number of hydrogen-bond donors (Lipinski definition) is 9. The average Bonchev–Trinajstić information content (AvgIpc) is 3.85. The van der Waals surface area contributed by atoms with Crippen LogP contribution in [-0.4, -0.2) is 109 Å². The van der Waals surface area contributed by atoms with Crippen LogP contribution in [0.5, 0.6) is 5.75 Å². The lowest BCUT2D eigenvalue weighted by Gasteiger charge is -2.51.